The predicted octanol–water partition coefficient (Wildman–Crippen LogP) is 2.43. The Morgan fingerprint density at radius 1 is 0.909 bits per heavy atom. The average Bonchev–Trinajstić information content (AvgIpc) is 1.88. The summed E-state index contributed by atoms with van der Waals surface area (Å²) >= 11 is 0. The number of hydrogen-bond donors (Lipinski definition) is 0. The van der Waals surface area contributed by atoms with Crippen LogP contribution in [0.5, 0.6) is 0 Å². The Kier molecular flexibility index (Phi) is 4.42. The van der Waals surface area contributed by atoms with Gasteiger partial charge in [-0.15, -0.1) is 0 Å². The smallest absolute Gasteiger partial charge is 0.125 e. The van der Waals surface area contributed by atoms with Crippen LogP contribution in [0.25, 0.3) is 0 Å². The molecule has 1 rings (SSSR count). The van der Waals surface area contributed by atoms with Gasteiger partial charge in [0.25, 0.3) is 0 Å². The van der Waals surface area contributed by atoms with Crippen molar-refractivity contribution in [1.82, 2.24) is 9.97 Å². The van der Waals surface area contributed by atoms with Crippen LogP contribution in [0, 0.1) is 20.8 Å². The van der Waals surface area contributed by atoms with Crippen LogP contribution in [0.2, 0.25) is 0 Å². The molecule has 0 bridgehead atoms. The summed E-state index contributed by atoms with van der Waals surface area (Å²) in [6, 6.07) is 1.97. The molecule has 1 aromatic rings. The Labute approximate surface area is 68.7 Å². The van der Waals surface area contributed by atoms with Crippen LogP contribution in [0.3, 0.4) is 0 Å². The molecular weight excluding hydrogens is 136 g/mol. The number of aromatic nitrogens is 2. The molecule has 0 saturated carbocycles. The number of rotatable bonds is 0. The Balaban J connectivity index is 0.000000461. The van der Waals surface area contributed by atoms with E-state index in [0.29, 0.717) is 0 Å². The molecule has 2 heteroatoms. The van der Waals surface area contributed by atoms with E-state index in [1.165, 1.54) is 0 Å². The van der Waals surface area contributed by atoms with E-state index >= 15 is 0 Å². The van der Waals surface area contributed by atoms with Crippen LogP contribution in [-0.2, 0) is 0 Å². The van der Waals surface area contributed by atoms with Gasteiger partial charge in [0.05, 0.1) is 0 Å². The van der Waals surface area contributed by atoms with Crippen molar-refractivity contribution in [2.75, 3.05) is 0 Å². The molecule has 1 aromatic heterocycles. The van der Waals surface area contributed by atoms with Gasteiger partial charge in [-0.3, -0.25) is 0 Å². The molecule has 0 atom stereocenters. The summed E-state index contributed by atoms with van der Waals surface area (Å²) in [6.45, 7) is 9.85. The molecule has 1 heterocycles. The highest BCUT2D eigenvalue weighted by atomic mass is 14.9. The first-order valence-corrected chi connectivity index (χ1v) is 3.97. The quantitative estimate of drug-likeness (QED) is 0.570. The van der Waals surface area contributed by atoms with Gasteiger partial charge in [-0.25, -0.2) is 9.97 Å². The third-order valence-corrected chi connectivity index (χ3v) is 1.09. The molecule has 2 nitrogen and oxygen atoms in total. The lowest BCUT2D eigenvalue weighted by Gasteiger charge is -1.95. The van der Waals surface area contributed by atoms with E-state index in [-0.39, 0.29) is 0 Å². The van der Waals surface area contributed by atoms with Gasteiger partial charge in [0.1, 0.15) is 5.82 Å². The van der Waals surface area contributed by atoms with Crippen molar-refractivity contribution in [2.24, 2.45) is 0 Å². The summed E-state index contributed by atoms with van der Waals surface area (Å²) < 4.78 is 0. The van der Waals surface area contributed by atoms with E-state index in [1.54, 1.807) is 0 Å². The highest BCUT2D eigenvalue weighted by molar-refractivity contribution is 5.07. The third-order valence-electron chi connectivity index (χ3n) is 1.09. The van der Waals surface area contributed by atoms with E-state index in [0.717, 1.165) is 17.2 Å². The van der Waals surface area contributed by atoms with Crippen LogP contribution in [0.4, 0.5) is 0 Å². The van der Waals surface area contributed by atoms with Gasteiger partial charge < -0.3 is 0 Å². The van der Waals surface area contributed by atoms with Crippen LogP contribution in [0.1, 0.15) is 31.1 Å². The molecule has 0 N–H and O–H groups in total. The Bertz CT molecular complexity index is 168. The summed E-state index contributed by atoms with van der Waals surface area (Å²) in [5.41, 5.74) is 2.08. The normalized spacial score (nSPS) is 8.45. The number of hydrogen-bond acceptors (Lipinski definition) is 2. The fourth-order valence-electron chi connectivity index (χ4n) is 0.902. The average molecular weight is 152 g/mol. The largest absolute Gasteiger partial charge is 0.239 e. The molecule has 0 amide bonds. The first-order valence-electron chi connectivity index (χ1n) is 3.97. The molecule has 0 saturated heterocycles. The van der Waals surface area contributed by atoms with Crippen molar-refractivity contribution in [1.29, 1.82) is 0 Å². The molecule has 0 aliphatic carbocycles. The lowest BCUT2D eigenvalue weighted by Crippen LogP contribution is -1.91. The summed E-state index contributed by atoms with van der Waals surface area (Å²) in [4.78, 5) is 8.25. The van der Waals surface area contributed by atoms with E-state index in [9.17, 15) is 0 Å². The molecule has 0 aliphatic heterocycles. The van der Waals surface area contributed by atoms with Gasteiger partial charge in [0.15, 0.2) is 0 Å². The molecule has 0 spiro atoms. The molecule has 0 radical (unpaired) electrons. The number of aryl methyl sites for hydroxylation is 3. The highest BCUT2D eigenvalue weighted by Gasteiger charge is 1.90. The molecule has 62 valence electrons. The molecule has 0 unspecified atom stereocenters. The molecule has 0 aromatic carbocycles. The first kappa shape index (κ1) is 10.1. The second-order valence-electron chi connectivity index (χ2n) is 2.20. The maximum Gasteiger partial charge on any atom is 0.125 e. The van der Waals surface area contributed by atoms with Crippen LogP contribution >= 0.6 is 0 Å². The lowest BCUT2D eigenvalue weighted by atomic mass is 10.3. The predicted molar refractivity (Wildman–Crippen MR) is 47.6 cm³/mol. The fraction of sp³-hybridized carbons (Fsp3) is 0.556. The van der Waals surface area contributed by atoms with E-state index in [2.05, 4.69) is 9.97 Å². The van der Waals surface area contributed by atoms with Crippen LogP contribution in [-0.4, -0.2) is 9.97 Å². The maximum atomic E-state index is 4.12. The van der Waals surface area contributed by atoms with Crippen LogP contribution < -0.4 is 0 Å². The van der Waals surface area contributed by atoms with E-state index in [4.69, 9.17) is 0 Å². The van der Waals surface area contributed by atoms with Gasteiger partial charge in [-0.1, -0.05) is 13.8 Å². The fourth-order valence-corrected chi connectivity index (χ4v) is 0.902. The Morgan fingerprint density at radius 3 is 1.55 bits per heavy atom. The summed E-state index contributed by atoms with van der Waals surface area (Å²) in [7, 11) is 0. The topological polar surface area (TPSA) is 25.8 Å². The van der Waals surface area contributed by atoms with E-state index in [1.807, 2.05) is 40.7 Å². The zero-order valence-electron chi connectivity index (χ0n) is 7.97. The van der Waals surface area contributed by atoms with E-state index < -0.39 is 0 Å². The molecule has 0 aliphatic rings. The minimum atomic E-state index is 0.854. The maximum absolute atomic E-state index is 4.12. The minimum Gasteiger partial charge on any atom is -0.239 e. The summed E-state index contributed by atoms with van der Waals surface area (Å²) in [5.74, 6) is 0.854. The van der Waals surface area contributed by atoms with Crippen molar-refractivity contribution >= 4 is 0 Å². The lowest BCUT2D eigenvalue weighted by molar-refractivity contribution is 0.976. The van der Waals surface area contributed by atoms with Crippen molar-refractivity contribution in [2.45, 2.75) is 34.6 Å². The first-order chi connectivity index (χ1) is 5.18. The third kappa shape index (κ3) is 3.71. The van der Waals surface area contributed by atoms with Crippen molar-refractivity contribution in [3.8, 4) is 0 Å². The second-order valence-corrected chi connectivity index (χ2v) is 2.20. The second kappa shape index (κ2) is 4.83. The summed E-state index contributed by atoms with van der Waals surface area (Å²) in [5, 5.41) is 0. The molecule has 0 fully saturated rings. The molecule has 11 heavy (non-hydrogen) atoms. The van der Waals surface area contributed by atoms with Crippen molar-refractivity contribution in [3.05, 3.63) is 23.3 Å². The zero-order valence-corrected chi connectivity index (χ0v) is 7.97. The van der Waals surface area contributed by atoms with Crippen molar-refractivity contribution < 1.29 is 0 Å². The van der Waals surface area contributed by atoms with Gasteiger partial charge in [-0.05, 0) is 26.8 Å². The van der Waals surface area contributed by atoms with Gasteiger partial charge in [0, 0.05) is 11.4 Å². The highest BCUT2D eigenvalue weighted by Crippen LogP contribution is 1.96. The monoisotopic (exact) mass is 152 g/mol. The molecular formula is C9H16N2. The summed E-state index contributed by atoms with van der Waals surface area (Å²) in [6.07, 6.45) is 0. The minimum absolute atomic E-state index is 0.854. The zero-order chi connectivity index (χ0) is 8.85. The van der Waals surface area contributed by atoms with Gasteiger partial charge in [0.2, 0.25) is 0 Å². The SMILES string of the molecule is CC.Cc1cc(C)nc(C)n1. The van der Waals surface area contributed by atoms with Gasteiger partial charge in [-0.2, -0.15) is 0 Å². The van der Waals surface area contributed by atoms with Crippen LogP contribution in [0.15, 0.2) is 6.07 Å². The Morgan fingerprint density at radius 2 is 1.27 bits per heavy atom. The van der Waals surface area contributed by atoms with Crippen molar-refractivity contribution in [3.63, 3.8) is 0 Å². The number of nitrogens with zero attached hydrogens (tertiary/aromatic N) is 2. The standard InChI is InChI=1S/C7H10N2.C2H6/c1-5-4-6(2)9-7(3)8-5;1-2/h4H,1-3H3;1-2H3. The van der Waals surface area contributed by atoms with Gasteiger partial charge >= 0.3 is 0 Å². The Hall–Kier alpha value is -0.920.